The molecule has 115 heavy (non-hydrogen) atoms. The normalized spacial score (nSPS) is 31.6. The fourth-order valence-electron chi connectivity index (χ4n) is 12.1. The number of rotatable bonds is 28. The molecule has 0 radical (unpaired) electrons. The maximum Gasteiger partial charge on any atom is 0.402 e. The van der Waals surface area contributed by atoms with Gasteiger partial charge in [-0.1, -0.05) is 36.4 Å². The number of carbonyl (C=O) groups excluding carboxylic acids is 4. The van der Waals surface area contributed by atoms with Gasteiger partial charge in [-0.3, -0.25) is 9.59 Å². The zero-order valence-electron chi connectivity index (χ0n) is 59.6. The number of hydrogen-bond donors (Lipinski definition) is 20. The first-order chi connectivity index (χ1) is 54.8. The number of aliphatic hydroxyl groups is 16. The molecule has 40 nitrogen and oxygen atoms in total. The maximum absolute atomic E-state index is 13.1. The lowest BCUT2D eigenvalue weighted by molar-refractivity contribution is -0.278. The van der Waals surface area contributed by atoms with E-state index in [0.29, 0.717) is 16.7 Å². The SMILES string of the molecule is O=C(O)CC(=O)OCC1OC(Oc2cc3c(O)cc(OC4OC(COC(=O)C=Cc5ccc(O)cc5)C(O)C(O)C4O)cc3[o+]c2-c2ccc(O)c(OC3OC(COC(=O)C=Cc4ccc(OC5OC(COC(=O)C=Cc6ccc(OC7OC(CO)C(O)C(O)C7O)cc6)C(O)C(O)C5O)cc4)C(O)C(O)C3O)c2)C(O)C(O)C1O. The second kappa shape index (κ2) is 37.9. The molecule has 0 amide bonds. The average Bonchev–Trinajstić information content (AvgIpc) is 0.763. The van der Waals surface area contributed by atoms with Gasteiger partial charge in [0.2, 0.25) is 37.2 Å². The van der Waals surface area contributed by atoms with Crippen LogP contribution in [0.1, 0.15) is 23.1 Å². The molecule has 0 aliphatic carbocycles. The molecule has 0 bridgehead atoms. The number of ether oxygens (including phenoxy) is 14. The smallest absolute Gasteiger partial charge is 0.402 e. The van der Waals surface area contributed by atoms with Crippen molar-refractivity contribution in [3.05, 3.63) is 144 Å². The van der Waals surface area contributed by atoms with E-state index in [4.69, 9.17) is 75.8 Å². The number of benzene rings is 5. The molecule has 5 fully saturated rings. The predicted octanol–water partition coefficient (Wildman–Crippen LogP) is -3.79. The van der Waals surface area contributed by atoms with Gasteiger partial charge >= 0.3 is 41.2 Å². The topological polar surface area (TPSA) is 630 Å². The number of phenols is 3. The van der Waals surface area contributed by atoms with E-state index in [9.17, 15) is 121 Å². The van der Waals surface area contributed by atoms with E-state index in [1.54, 1.807) is 0 Å². The minimum absolute atomic E-state index is 0.0226. The van der Waals surface area contributed by atoms with Gasteiger partial charge in [0.25, 0.3) is 0 Å². The molecule has 40 heteroatoms. The first-order valence-electron chi connectivity index (χ1n) is 35.1. The number of aromatic hydroxyl groups is 3. The first-order valence-corrected chi connectivity index (χ1v) is 35.1. The Bertz CT molecular complexity index is 4420. The Hall–Kier alpha value is -10.4. The van der Waals surface area contributed by atoms with Gasteiger partial charge in [0.15, 0.2) is 11.5 Å². The van der Waals surface area contributed by atoms with Crippen molar-refractivity contribution in [3.8, 4) is 57.3 Å². The Morgan fingerprint density at radius 2 is 0.722 bits per heavy atom. The van der Waals surface area contributed by atoms with Gasteiger partial charge < -0.3 is 168 Å². The fourth-order valence-corrected chi connectivity index (χ4v) is 12.1. The number of carbonyl (C=O) groups is 5. The molecular weight excluding hydrogens is 1540 g/mol. The third-order valence-electron chi connectivity index (χ3n) is 18.6. The van der Waals surface area contributed by atoms with Crippen molar-refractivity contribution in [2.24, 2.45) is 0 Å². The van der Waals surface area contributed by atoms with Crippen molar-refractivity contribution in [1.82, 2.24) is 0 Å². The monoisotopic (exact) mass is 1620 g/mol. The summed E-state index contributed by atoms with van der Waals surface area (Å²) in [6, 6.07) is 23.7. The lowest BCUT2D eigenvalue weighted by Crippen LogP contribution is -2.60. The van der Waals surface area contributed by atoms with Crippen LogP contribution in [0.3, 0.4) is 0 Å². The molecule has 0 spiro atoms. The van der Waals surface area contributed by atoms with E-state index in [1.807, 2.05) is 0 Å². The summed E-state index contributed by atoms with van der Waals surface area (Å²) in [4.78, 5) is 61.8. The summed E-state index contributed by atoms with van der Waals surface area (Å²) in [5.74, 6) is -8.85. The fraction of sp³-hybridized carbons (Fsp3) is 0.413. The molecule has 6 aromatic rings. The number of carboxylic acids is 1. The van der Waals surface area contributed by atoms with Crippen molar-refractivity contribution in [2.45, 2.75) is 160 Å². The Morgan fingerprint density at radius 3 is 1.12 bits per heavy atom. The standard InChI is InChI=1S/C75H80O40/c76-26-45-55(86)60(91)65(96)71(111-45)105-36-13-3-32(4-14-36)8-19-52(83)101-27-46-56(87)61(92)66(97)72(112-46)106-37-15-5-33(6-16-37)9-20-53(84)103-29-48-58(89)63(94)68(99)74(114-48)109-43-21-34(10-17-40(43)78)70-44(110-75-69(100)64(95)59(90)49(115-75)30-104-54(85)25-50(80)81)24-39-41(79)22-38(23-42(39)108-70)107-73-67(98)62(93)57(88)47(113-73)28-102-51(82)18-7-31-1-11-35(77)12-2-31/h1-24,45-49,55-69,71-76,86-100H,25-30H2,(H3-,77,78,79,80,81,82)/p+1. The van der Waals surface area contributed by atoms with Crippen LogP contribution in [-0.4, -0.2) is 319 Å². The summed E-state index contributed by atoms with van der Waals surface area (Å²) in [6.07, 6.45) is -39.2. The molecule has 0 saturated carbocycles. The van der Waals surface area contributed by atoms with Crippen LogP contribution in [0.4, 0.5) is 0 Å². The predicted molar refractivity (Wildman–Crippen MR) is 377 cm³/mol. The third kappa shape index (κ3) is 21.0. The lowest BCUT2D eigenvalue weighted by Gasteiger charge is -2.40. The molecule has 620 valence electrons. The molecular formula is C75H81O40+. The van der Waals surface area contributed by atoms with E-state index in [2.05, 4.69) is 0 Å². The zero-order chi connectivity index (χ0) is 82.8. The molecule has 5 aliphatic heterocycles. The highest BCUT2D eigenvalue weighted by Crippen LogP contribution is 2.44. The summed E-state index contributed by atoms with van der Waals surface area (Å²) < 4.78 is 84.4. The minimum atomic E-state index is -2.14. The van der Waals surface area contributed by atoms with Crippen molar-refractivity contribution < 1.29 is 197 Å². The van der Waals surface area contributed by atoms with Crippen molar-refractivity contribution in [2.75, 3.05) is 33.0 Å². The van der Waals surface area contributed by atoms with E-state index < -0.39 is 252 Å². The van der Waals surface area contributed by atoms with Gasteiger partial charge in [0.1, 0.15) is 189 Å². The quantitative estimate of drug-likeness (QED) is 0.00737. The average molecular weight is 1620 g/mol. The zero-order valence-corrected chi connectivity index (χ0v) is 59.6. The molecule has 25 unspecified atom stereocenters. The largest absolute Gasteiger partial charge is 0.508 e. The van der Waals surface area contributed by atoms with Gasteiger partial charge in [-0.25, -0.2) is 18.8 Å². The van der Waals surface area contributed by atoms with Crippen LogP contribution in [0.25, 0.3) is 40.5 Å². The number of aliphatic hydroxyl groups excluding tert-OH is 16. The number of aliphatic carboxylic acids is 1. The third-order valence-corrected chi connectivity index (χ3v) is 18.6. The number of fused-ring (bicyclic) bond motifs is 1. The van der Waals surface area contributed by atoms with E-state index in [1.165, 1.54) is 97.1 Å². The van der Waals surface area contributed by atoms with Gasteiger partial charge in [-0.05, 0) is 83.4 Å². The molecule has 1 aromatic heterocycles. The highest BCUT2D eigenvalue weighted by atomic mass is 16.7. The van der Waals surface area contributed by atoms with Crippen LogP contribution in [0, 0.1) is 0 Å². The van der Waals surface area contributed by atoms with Gasteiger partial charge in [-0.15, -0.1) is 0 Å². The first kappa shape index (κ1) is 85.5. The van der Waals surface area contributed by atoms with Gasteiger partial charge in [0, 0.05) is 36.4 Å². The Morgan fingerprint density at radius 1 is 0.365 bits per heavy atom. The Kier molecular flexibility index (Phi) is 28.2. The molecule has 20 N–H and O–H groups in total. The number of hydrogen-bond acceptors (Lipinski definition) is 38. The summed E-state index contributed by atoms with van der Waals surface area (Å²) in [5, 5.41) is 212. The van der Waals surface area contributed by atoms with Crippen molar-refractivity contribution in [3.63, 3.8) is 0 Å². The second-order valence-electron chi connectivity index (χ2n) is 26.7. The highest BCUT2D eigenvalue weighted by Gasteiger charge is 2.51. The van der Waals surface area contributed by atoms with Crippen LogP contribution in [0.2, 0.25) is 0 Å². The van der Waals surface area contributed by atoms with Crippen molar-refractivity contribution in [1.29, 1.82) is 0 Å². The van der Waals surface area contributed by atoms with Gasteiger partial charge in [0.05, 0.1) is 18.2 Å². The van der Waals surface area contributed by atoms with Crippen molar-refractivity contribution >= 4 is 59.0 Å². The van der Waals surface area contributed by atoms with Gasteiger partial charge in [-0.2, -0.15) is 0 Å². The van der Waals surface area contributed by atoms with E-state index >= 15 is 0 Å². The highest BCUT2D eigenvalue weighted by molar-refractivity contribution is 5.91. The lowest BCUT2D eigenvalue weighted by atomic mass is 9.99. The number of esters is 4. The molecule has 11 rings (SSSR count). The molecule has 5 aliphatic rings. The van der Waals surface area contributed by atoms with Crippen LogP contribution in [0.5, 0.6) is 46.0 Å². The maximum atomic E-state index is 13.1. The van der Waals surface area contributed by atoms with Crippen LogP contribution >= 0.6 is 0 Å². The summed E-state index contributed by atoms with van der Waals surface area (Å²) in [5.41, 5.74) is 0.801. The van der Waals surface area contributed by atoms with Crippen LogP contribution in [0.15, 0.2) is 132 Å². The molecule has 5 saturated heterocycles. The molecule has 25 atom stereocenters. The Balaban J connectivity index is 0.731. The number of phenolic OH excluding ortho intramolecular Hbond substituents is 3. The minimum Gasteiger partial charge on any atom is -0.508 e. The van der Waals surface area contributed by atoms with Crippen LogP contribution < -0.4 is 23.7 Å². The number of carboxylic acid groups (broad SMARTS) is 1. The molecule has 5 aromatic carbocycles. The summed E-state index contributed by atoms with van der Waals surface area (Å²) in [7, 11) is 0. The second-order valence-corrected chi connectivity index (χ2v) is 26.7. The molecule has 6 heterocycles. The summed E-state index contributed by atoms with van der Waals surface area (Å²) >= 11 is 0. The Labute approximate surface area is 648 Å². The van der Waals surface area contributed by atoms with Crippen LogP contribution in [-0.2, 0) is 66.6 Å². The summed E-state index contributed by atoms with van der Waals surface area (Å²) in [6.45, 7) is -3.68. The van der Waals surface area contributed by atoms with E-state index in [-0.39, 0.29) is 39.5 Å². The van der Waals surface area contributed by atoms with E-state index in [0.717, 1.165) is 48.6 Å².